The average molecular weight is 586 g/mol. The third-order valence-electron chi connectivity index (χ3n) is 7.07. The summed E-state index contributed by atoms with van der Waals surface area (Å²) in [7, 11) is -1.15. The Labute approximate surface area is 247 Å². The topological polar surface area (TPSA) is 96.0 Å². The van der Waals surface area contributed by atoms with Gasteiger partial charge in [-0.3, -0.25) is 13.9 Å². The van der Waals surface area contributed by atoms with E-state index < -0.39 is 28.5 Å². The highest BCUT2D eigenvalue weighted by Gasteiger charge is 2.34. The van der Waals surface area contributed by atoms with Gasteiger partial charge in [0.15, 0.2) is 0 Å². The van der Waals surface area contributed by atoms with E-state index in [1.165, 1.54) is 31.2 Å². The quantitative estimate of drug-likeness (QED) is 0.263. The number of nitrogens with zero attached hydrogens (tertiary/aromatic N) is 2. The van der Waals surface area contributed by atoms with Gasteiger partial charge < -0.3 is 15.0 Å². The van der Waals surface area contributed by atoms with Gasteiger partial charge in [0.2, 0.25) is 11.8 Å². The number of anilines is 1. The van der Waals surface area contributed by atoms with Crippen LogP contribution in [0.3, 0.4) is 0 Å². The molecule has 0 heterocycles. The summed E-state index contributed by atoms with van der Waals surface area (Å²) >= 11 is 0. The molecule has 218 valence electrons. The van der Waals surface area contributed by atoms with E-state index in [4.69, 9.17) is 4.74 Å². The molecule has 0 saturated heterocycles. The molecule has 0 spiro atoms. The fourth-order valence-corrected chi connectivity index (χ4v) is 6.13. The van der Waals surface area contributed by atoms with E-state index >= 15 is 0 Å². The van der Waals surface area contributed by atoms with Gasteiger partial charge >= 0.3 is 0 Å². The number of aryl methyl sites for hydroxylation is 1. The largest absolute Gasteiger partial charge is 0.497 e. The summed E-state index contributed by atoms with van der Waals surface area (Å²) in [5.74, 6) is -0.429. The Morgan fingerprint density at radius 1 is 0.857 bits per heavy atom. The van der Waals surface area contributed by atoms with Crippen LogP contribution in [0.25, 0.3) is 0 Å². The van der Waals surface area contributed by atoms with Crippen molar-refractivity contribution in [2.45, 2.75) is 30.8 Å². The fraction of sp³-hybridized carbons (Fsp3) is 0.212. The second kappa shape index (κ2) is 13.8. The third-order valence-corrected chi connectivity index (χ3v) is 8.86. The molecule has 1 unspecified atom stereocenters. The maximum Gasteiger partial charge on any atom is 0.264 e. The van der Waals surface area contributed by atoms with E-state index in [1.807, 2.05) is 61.5 Å². The molecule has 4 aromatic rings. The zero-order valence-corrected chi connectivity index (χ0v) is 24.8. The highest BCUT2D eigenvalue weighted by atomic mass is 32.2. The van der Waals surface area contributed by atoms with Crippen LogP contribution in [0.2, 0.25) is 0 Å². The van der Waals surface area contributed by atoms with Gasteiger partial charge in [-0.1, -0.05) is 78.9 Å². The molecular weight excluding hydrogens is 550 g/mol. The lowest BCUT2D eigenvalue weighted by atomic mass is 10.0. The molecule has 0 fully saturated rings. The van der Waals surface area contributed by atoms with Gasteiger partial charge in [0.1, 0.15) is 18.3 Å². The lowest BCUT2D eigenvalue weighted by molar-refractivity contribution is -0.139. The Hall–Kier alpha value is -4.63. The standard InChI is InChI=1S/C33H35N3O5S/c1-25-13-10-11-16-27(25)23-35(31(33(38)34-2)21-26-14-6-4-7-15-26)32(37)24-36(28-17-12-18-29(22-28)41-3)42(39,40)30-19-8-5-9-20-30/h4-20,22,31H,21,23-24H2,1-3H3,(H,34,38). The lowest BCUT2D eigenvalue weighted by Crippen LogP contribution is -2.53. The Morgan fingerprint density at radius 2 is 1.50 bits per heavy atom. The zero-order chi connectivity index (χ0) is 30.1. The second-order valence-corrected chi connectivity index (χ2v) is 11.7. The fourth-order valence-electron chi connectivity index (χ4n) is 4.71. The summed E-state index contributed by atoms with van der Waals surface area (Å²) in [5, 5.41) is 2.70. The molecule has 0 aliphatic heterocycles. The van der Waals surface area contributed by atoms with E-state index in [1.54, 1.807) is 42.5 Å². The van der Waals surface area contributed by atoms with Crippen molar-refractivity contribution in [1.82, 2.24) is 10.2 Å². The molecule has 2 amide bonds. The molecule has 0 saturated carbocycles. The third kappa shape index (κ3) is 7.16. The van der Waals surface area contributed by atoms with E-state index in [-0.39, 0.29) is 29.5 Å². The predicted molar refractivity (Wildman–Crippen MR) is 164 cm³/mol. The van der Waals surface area contributed by atoms with Crippen LogP contribution in [0.1, 0.15) is 16.7 Å². The van der Waals surface area contributed by atoms with Gasteiger partial charge in [0.25, 0.3) is 10.0 Å². The molecule has 0 radical (unpaired) electrons. The van der Waals surface area contributed by atoms with Crippen molar-refractivity contribution < 1.29 is 22.7 Å². The number of rotatable bonds is 12. The number of hydrogen-bond acceptors (Lipinski definition) is 5. The van der Waals surface area contributed by atoms with Crippen LogP contribution in [-0.2, 0) is 32.6 Å². The SMILES string of the molecule is CNC(=O)C(Cc1ccccc1)N(Cc1ccccc1C)C(=O)CN(c1cccc(OC)c1)S(=O)(=O)c1ccccc1. The van der Waals surface area contributed by atoms with Crippen molar-refractivity contribution in [3.05, 3.63) is 126 Å². The molecule has 0 aliphatic carbocycles. The Kier molecular flexibility index (Phi) is 9.98. The molecular formula is C33H35N3O5S. The highest BCUT2D eigenvalue weighted by Crippen LogP contribution is 2.28. The number of amides is 2. The molecule has 8 nitrogen and oxygen atoms in total. The molecule has 1 N–H and O–H groups in total. The Morgan fingerprint density at radius 3 is 2.14 bits per heavy atom. The first-order valence-electron chi connectivity index (χ1n) is 13.6. The molecule has 0 bridgehead atoms. The van der Waals surface area contributed by atoms with Crippen LogP contribution in [-0.4, -0.2) is 51.9 Å². The van der Waals surface area contributed by atoms with E-state index in [0.29, 0.717) is 5.75 Å². The molecule has 4 rings (SSSR count). The molecule has 9 heteroatoms. The van der Waals surface area contributed by atoms with Crippen molar-refractivity contribution in [1.29, 1.82) is 0 Å². The van der Waals surface area contributed by atoms with Crippen LogP contribution in [0.15, 0.2) is 114 Å². The van der Waals surface area contributed by atoms with Crippen molar-refractivity contribution in [2.75, 3.05) is 25.0 Å². The number of likely N-dealkylation sites (N-methyl/N-ethyl adjacent to an activating group) is 1. The normalized spacial score (nSPS) is 11.8. The number of hydrogen-bond donors (Lipinski definition) is 1. The summed E-state index contributed by atoms with van der Waals surface area (Å²) in [4.78, 5) is 29.2. The minimum Gasteiger partial charge on any atom is -0.497 e. The predicted octanol–water partition coefficient (Wildman–Crippen LogP) is 4.59. The van der Waals surface area contributed by atoms with E-state index in [0.717, 1.165) is 21.0 Å². The van der Waals surface area contributed by atoms with E-state index in [9.17, 15) is 18.0 Å². The van der Waals surface area contributed by atoms with Crippen LogP contribution < -0.4 is 14.4 Å². The van der Waals surface area contributed by atoms with Crippen molar-refractivity contribution in [3.8, 4) is 5.75 Å². The number of nitrogens with one attached hydrogen (secondary N) is 1. The monoisotopic (exact) mass is 585 g/mol. The second-order valence-electron chi connectivity index (χ2n) is 9.79. The van der Waals surface area contributed by atoms with Gasteiger partial charge in [-0.2, -0.15) is 0 Å². The summed E-state index contributed by atoms with van der Waals surface area (Å²) in [6.07, 6.45) is 0.253. The number of methoxy groups -OCH3 is 1. The Bertz CT molecular complexity index is 1610. The first kappa shape index (κ1) is 30.3. The average Bonchev–Trinajstić information content (AvgIpc) is 3.02. The summed E-state index contributed by atoms with van der Waals surface area (Å²) in [6, 6.07) is 30.7. The van der Waals surface area contributed by atoms with Gasteiger partial charge in [-0.15, -0.1) is 0 Å². The smallest absolute Gasteiger partial charge is 0.264 e. The maximum absolute atomic E-state index is 14.3. The first-order chi connectivity index (χ1) is 20.2. The molecule has 42 heavy (non-hydrogen) atoms. The summed E-state index contributed by atoms with van der Waals surface area (Å²) < 4.78 is 34.4. The van der Waals surface area contributed by atoms with Crippen molar-refractivity contribution >= 4 is 27.5 Å². The number of carbonyl (C=O) groups is 2. The van der Waals surface area contributed by atoms with Crippen LogP contribution in [0.5, 0.6) is 5.75 Å². The van der Waals surface area contributed by atoms with Gasteiger partial charge in [-0.25, -0.2) is 8.42 Å². The van der Waals surface area contributed by atoms with Gasteiger partial charge in [0, 0.05) is 26.1 Å². The van der Waals surface area contributed by atoms with Gasteiger partial charge in [-0.05, 0) is 47.9 Å². The molecule has 4 aromatic carbocycles. The van der Waals surface area contributed by atoms with Crippen LogP contribution in [0.4, 0.5) is 5.69 Å². The number of benzene rings is 4. The van der Waals surface area contributed by atoms with Crippen molar-refractivity contribution in [2.24, 2.45) is 0 Å². The number of carbonyl (C=O) groups excluding carboxylic acids is 2. The van der Waals surface area contributed by atoms with Crippen molar-refractivity contribution in [3.63, 3.8) is 0 Å². The summed E-state index contributed by atoms with van der Waals surface area (Å²) in [5.41, 5.74) is 2.94. The Balaban J connectivity index is 1.80. The molecule has 0 aliphatic rings. The summed E-state index contributed by atoms with van der Waals surface area (Å²) in [6.45, 7) is 1.53. The number of ether oxygens (including phenoxy) is 1. The maximum atomic E-state index is 14.3. The molecule has 0 aromatic heterocycles. The minimum absolute atomic E-state index is 0.0400. The van der Waals surface area contributed by atoms with Gasteiger partial charge in [0.05, 0.1) is 17.7 Å². The molecule has 1 atom stereocenters. The number of sulfonamides is 1. The van der Waals surface area contributed by atoms with E-state index in [2.05, 4.69) is 5.32 Å². The highest BCUT2D eigenvalue weighted by molar-refractivity contribution is 7.92. The van der Waals surface area contributed by atoms with Crippen LogP contribution >= 0.6 is 0 Å². The zero-order valence-electron chi connectivity index (χ0n) is 23.9. The first-order valence-corrected chi connectivity index (χ1v) is 15.0. The van der Waals surface area contributed by atoms with Crippen LogP contribution in [0, 0.1) is 6.92 Å². The minimum atomic E-state index is -4.17. The lowest BCUT2D eigenvalue weighted by Gasteiger charge is -2.34.